The molecule has 0 aliphatic rings. The molecule has 0 saturated heterocycles. The molecule has 7 nitrogen and oxygen atoms in total. The monoisotopic (exact) mass is 402 g/mol. The van der Waals surface area contributed by atoms with Crippen LogP contribution in [0.15, 0.2) is 66.7 Å². The van der Waals surface area contributed by atoms with E-state index in [2.05, 4.69) is 0 Å². The second kappa shape index (κ2) is 8.91. The van der Waals surface area contributed by atoms with Crippen molar-refractivity contribution in [1.29, 1.82) is 10.8 Å². The molecular formula is C23H22N4O3. The highest BCUT2D eigenvalue weighted by molar-refractivity contribution is 5.96. The summed E-state index contributed by atoms with van der Waals surface area (Å²) in [7, 11) is 1.33. The van der Waals surface area contributed by atoms with Gasteiger partial charge in [-0.15, -0.1) is 0 Å². The van der Waals surface area contributed by atoms with E-state index in [4.69, 9.17) is 31.8 Å². The first-order valence-electron chi connectivity index (χ1n) is 9.12. The minimum absolute atomic E-state index is 0.0167. The third kappa shape index (κ3) is 4.64. The van der Waals surface area contributed by atoms with Gasteiger partial charge in [-0.1, -0.05) is 36.4 Å². The molecule has 0 fully saturated rings. The zero-order chi connectivity index (χ0) is 21.7. The number of ether oxygens (including phenoxy) is 2. The molecule has 6 N–H and O–H groups in total. The number of nitrogen functional groups attached to an aromatic ring is 2. The number of nitrogens with two attached hydrogens (primary N) is 2. The Kier molecular flexibility index (Phi) is 6.12. The number of rotatable bonds is 7. The Labute approximate surface area is 174 Å². The van der Waals surface area contributed by atoms with Gasteiger partial charge in [-0.2, -0.15) is 0 Å². The van der Waals surface area contributed by atoms with Gasteiger partial charge in [-0.25, -0.2) is 4.79 Å². The van der Waals surface area contributed by atoms with Crippen LogP contribution < -0.4 is 16.2 Å². The predicted molar refractivity (Wildman–Crippen MR) is 116 cm³/mol. The summed E-state index contributed by atoms with van der Waals surface area (Å²) in [6.45, 7) is 0.117. The molecule has 0 saturated carbocycles. The highest BCUT2D eigenvalue weighted by Crippen LogP contribution is 2.25. The van der Waals surface area contributed by atoms with Crippen LogP contribution in [0.3, 0.4) is 0 Å². The molecule has 0 spiro atoms. The standard InChI is InChI=1S/C23H22N4O3/c1-29-23(28)20-9-8-15(14-4-2-5-16(10-14)21(24)25)11-18(20)13-30-19-7-3-6-17(12-19)22(26)27/h2-12H,13H2,1H3,(H3,24,25)(H3,26,27). The largest absolute Gasteiger partial charge is 0.489 e. The third-order valence-electron chi connectivity index (χ3n) is 4.56. The van der Waals surface area contributed by atoms with Crippen LogP contribution in [0.4, 0.5) is 0 Å². The molecule has 0 aliphatic carbocycles. The van der Waals surface area contributed by atoms with Gasteiger partial charge in [0.05, 0.1) is 12.7 Å². The van der Waals surface area contributed by atoms with Crippen molar-refractivity contribution < 1.29 is 14.3 Å². The van der Waals surface area contributed by atoms with E-state index in [0.717, 1.165) is 11.1 Å². The van der Waals surface area contributed by atoms with E-state index in [1.807, 2.05) is 30.3 Å². The van der Waals surface area contributed by atoms with Crippen LogP contribution in [-0.2, 0) is 11.3 Å². The zero-order valence-corrected chi connectivity index (χ0v) is 16.4. The number of carbonyl (C=O) groups excluding carboxylic acids is 1. The summed E-state index contributed by atoms with van der Waals surface area (Å²) >= 11 is 0. The van der Waals surface area contributed by atoms with E-state index in [0.29, 0.717) is 28.0 Å². The molecule has 3 aromatic rings. The maximum absolute atomic E-state index is 12.2. The maximum atomic E-state index is 12.2. The van der Waals surface area contributed by atoms with Crippen molar-refractivity contribution in [2.75, 3.05) is 7.11 Å². The smallest absolute Gasteiger partial charge is 0.338 e. The van der Waals surface area contributed by atoms with E-state index in [1.165, 1.54) is 7.11 Å². The normalized spacial score (nSPS) is 10.3. The van der Waals surface area contributed by atoms with Crippen molar-refractivity contribution >= 4 is 17.6 Å². The molecule has 3 rings (SSSR count). The number of benzene rings is 3. The molecule has 0 amide bonds. The van der Waals surface area contributed by atoms with E-state index in [9.17, 15) is 4.79 Å². The highest BCUT2D eigenvalue weighted by Gasteiger charge is 2.14. The fraction of sp³-hybridized carbons (Fsp3) is 0.0870. The van der Waals surface area contributed by atoms with Crippen LogP contribution in [-0.4, -0.2) is 24.8 Å². The minimum atomic E-state index is -0.463. The Morgan fingerprint density at radius 1 is 0.867 bits per heavy atom. The summed E-state index contributed by atoms with van der Waals surface area (Å²) in [6.07, 6.45) is 0. The maximum Gasteiger partial charge on any atom is 0.338 e. The molecule has 0 atom stereocenters. The summed E-state index contributed by atoms with van der Waals surface area (Å²) in [5.41, 5.74) is 15.0. The second-order valence-corrected chi connectivity index (χ2v) is 6.59. The average Bonchev–Trinajstić information content (AvgIpc) is 2.77. The van der Waals surface area contributed by atoms with Crippen LogP contribution in [0.25, 0.3) is 11.1 Å². The zero-order valence-electron chi connectivity index (χ0n) is 16.4. The number of amidine groups is 2. The molecule has 0 bridgehead atoms. The molecule has 0 unspecified atom stereocenters. The molecule has 0 aliphatic heterocycles. The summed E-state index contributed by atoms with van der Waals surface area (Å²) in [5.74, 6) is -0.00221. The van der Waals surface area contributed by atoms with Crippen molar-refractivity contribution in [3.8, 4) is 16.9 Å². The highest BCUT2D eigenvalue weighted by atomic mass is 16.5. The Hall–Kier alpha value is -4.13. The Morgan fingerprint density at radius 3 is 2.17 bits per heavy atom. The van der Waals surface area contributed by atoms with Gasteiger partial charge in [-0.3, -0.25) is 10.8 Å². The first-order chi connectivity index (χ1) is 14.4. The van der Waals surface area contributed by atoms with Gasteiger partial charge in [0, 0.05) is 16.7 Å². The first kappa shape index (κ1) is 20.6. The lowest BCUT2D eigenvalue weighted by Gasteiger charge is -2.13. The van der Waals surface area contributed by atoms with Gasteiger partial charge in [0.1, 0.15) is 24.0 Å². The van der Waals surface area contributed by atoms with Gasteiger partial charge < -0.3 is 20.9 Å². The molecule has 7 heteroatoms. The van der Waals surface area contributed by atoms with Gasteiger partial charge >= 0.3 is 5.97 Å². The molecule has 0 radical (unpaired) electrons. The first-order valence-corrected chi connectivity index (χ1v) is 9.12. The van der Waals surface area contributed by atoms with Gasteiger partial charge in [0.2, 0.25) is 0 Å². The van der Waals surface area contributed by atoms with Crippen molar-refractivity contribution in [1.82, 2.24) is 0 Å². The van der Waals surface area contributed by atoms with Crippen LogP contribution in [0.5, 0.6) is 5.75 Å². The average molecular weight is 402 g/mol. The lowest BCUT2D eigenvalue weighted by molar-refractivity contribution is 0.0598. The summed E-state index contributed by atoms with van der Waals surface area (Å²) in [5, 5.41) is 15.2. The Balaban J connectivity index is 1.95. The summed E-state index contributed by atoms with van der Waals surface area (Å²) in [6, 6.07) is 19.5. The quantitative estimate of drug-likeness (QED) is 0.273. The minimum Gasteiger partial charge on any atom is -0.489 e. The Morgan fingerprint density at radius 2 is 1.50 bits per heavy atom. The van der Waals surface area contributed by atoms with E-state index in [1.54, 1.807) is 36.4 Å². The SMILES string of the molecule is COC(=O)c1ccc(-c2cccc(C(=N)N)c2)cc1COc1cccc(C(=N)N)c1. The predicted octanol–water partition coefficient (Wildman–Crippen LogP) is 3.29. The number of hydrogen-bond acceptors (Lipinski definition) is 5. The molecule has 152 valence electrons. The van der Waals surface area contributed by atoms with Gasteiger partial charge in [0.25, 0.3) is 0 Å². The number of nitrogens with one attached hydrogen (secondary N) is 2. The topological polar surface area (TPSA) is 135 Å². The van der Waals surface area contributed by atoms with E-state index >= 15 is 0 Å². The van der Waals surface area contributed by atoms with Crippen LogP contribution in [0, 0.1) is 10.8 Å². The number of methoxy groups -OCH3 is 1. The fourth-order valence-corrected chi connectivity index (χ4v) is 2.98. The van der Waals surface area contributed by atoms with Crippen LogP contribution >= 0.6 is 0 Å². The van der Waals surface area contributed by atoms with Gasteiger partial charge in [0.15, 0.2) is 0 Å². The molecule has 0 aromatic heterocycles. The Bertz CT molecular complexity index is 1120. The fourth-order valence-electron chi connectivity index (χ4n) is 2.98. The molecule has 3 aromatic carbocycles. The van der Waals surface area contributed by atoms with E-state index in [-0.39, 0.29) is 18.3 Å². The number of esters is 1. The molecule has 0 heterocycles. The van der Waals surface area contributed by atoms with Crippen molar-refractivity contribution in [2.24, 2.45) is 11.5 Å². The van der Waals surface area contributed by atoms with Crippen LogP contribution in [0.2, 0.25) is 0 Å². The van der Waals surface area contributed by atoms with Crippen molar-refractivity contribution in [3.05, 3.63) is 89.0 Å². The van der Waals surface area contributed by atoms with Gasteiger partial charge in [-0.05, 0) is 41.5 Å². The van der Waals surface area contributed by atoms with Crippen molar-refractivity contribution in [3.63, 3.8) is 0 Å². The number of hydrogen-bond donors (Lipinski definition) is 4. The molecule has 30 heavy (non-hydrogen) atoms. The molecular weight excluding hydrogens is 380 g/mol. The lowest BCUT2D eigenvalue weighted by Crippen LogP contribution is -2.11. The number of carbonyl (C=O) groups is 1. The summed E-state index contributed by atoms with van der Waals surface area (Å²) in [4.78, 5) is 12.2. The lowest BCUT2D eigenvalue weighted by atomic mass is 9.98. The van der Waals surface area contributed by atoms with Crippen molar-refractivity contribution in [2.45, 2.75) is 6.61 Å². The second-order valence-electron chi connectivity index (χ2n) is 6.59. The third-order valence-corrected chi connectivity index (χ3v) is 4.56. The van der Waals surface area contributed by atoms with Crippen LogP contribution in [0.1, 0.15) is 27.0 Å². The summed E-state index contributed by atoms with van der Waals surface area (Å²) < 4.78 is 10.7. The van der Waals surface area contributed by atoms with E-state index < -0.39 is 5.97 Å².